The molecule has 1 saturated heterocycles. The zero-order valence-corrected chi connectivity index (χ0v) is 18.2. The monoisotopic (exact) mass is 478 g/mol. The number of benzene rings is 2. The minimum absolute atomic E-state index is 0.00727. The van der Waals surface area contributed by atoms with Gasteiger partial charge in [0.15, 0.2) is 0 Å². The van der Waals surface area contributed by atoms with Crippen LogP contribution in [0, 0.1) is 0 Å². The van der Waals surface area contributed by atoms with Crippen LogP contribution < -0.4 is 13.8 Å². The summed E-state index contributed by atoms with van der Waals surface area (Å²) in [6.07, 6.45) is -0.168. The van der Waals surface area contributed by atoms with Crippen LogP contribution >= 0.6 is 23.2 Å². The zero-order chi connectivity index (χ0) is 21.4. The maximum Gasteiger partial charge on any atom is 0.265 e. The lowest BCUT2D eigenvalue weighted by molar-refractivity contribution is -0.116. The third-order valence-corrected chi connectivity index (χ3v) is 7.83. The first-order chi connectivity index (χ1) is 13.5. The summed E-state index contributed by atoms with van der Waals surface area (Å²) in [5.41, 5.74) is 0.0718. The van der Waals surface area contributed by atoms with Gasteiger partial charge in [-0.3, -0.25) is 9.52 Å². The van der Waals surface area contributed by atoms with Gasteiger partial charge in [-0.25, -0.2) is 21.1 Å². The minimum Gasteiger partial charge on any atom is -0.492 e. The van der Waals surface area contributed by atoms with E-state index in [1.165, 1.54) is 30.3 Å². The summed E-state index contributed by atoms with van der Waals surface area (Å²) in [5, 5.41) is 0.406. The molecular weight excluding hydrogens is 463 g/mol. The maximum absolute atomic E-state index is 13.0. The van der Waals surface area contributed by atoms with Crippen LogP contribution in [0.2, 0.25) is 10.0 Å². The second-order valence-electron chi connectivity index (χ2n) is 6.02. The Balaban J connectivity index is 2.08. The van der Waals surface area contributed by atoms with Crippen molar-refractivity contribution in [1.29, 1.82) is 0 Å². The van der Waals surface area contributed by atoms with E-state index in [1.807, 2.05) is 0 Å². The number of anilines is 2. The molecule has 12 heteroatoms. The van der Waals surface area contributed by atoms with E-state index >= 15 is 0 Å². The van der Waals surface area contributed by atoms with Crippen molar-refractivity contribution in [2.45, 2.75) is 18.2 Å². The molecule has 0 aliphatic carbocycles. The van der Waals surface area contributed by atoms with E-state index in [-0.39, 0.29) is 50.8 Å². The van der Waals surface area contributed by atoms with Crippen molar-refractivity contribution in [2.75, 3.05) is 21.4 Å². The third kappa shape index (κ3) is 4.45. The molecule has 2 aromatic carbocycles. The van der Waals surface area contributed by atoms with E-state index in [0.717, 1.165) is 6.07 Å². The number of rotatable bonds is 6. The third-order valence-electron chi connectivity index (χ3n) is 4.00. The predicted molar refractivity (Wildman–Crippen MR) is 111 cm³/mol. The van der Waals surface area contributed by atoms with Crippen LogP contribution in [-0.4, -0.2) is 35.1 Å². The van der Waals surface area contributed by atoms with Crippen LogP contribution in [-0.2, 0) is 24.8 Å². The number of carbonyl (C=O) groups is 1. The fourth-order valence-electron chi connectivity index (χ4n) is 2.75. The summed E-state index contributed by atoms with van der Waals surface area (Å²) in [6, 6.07) is 7.90. The normalized spacial score (nSPS) is 16.1. The Morgan fingerprint density at radius 2 is 1.86 bits per heavy atom. The van der Waals surface area contributed by atoms with Gasteiger partial charge in [0.25, 0.3) is 10.0 Å². The quantitative estimate of drug-likeness (QED) is 0.681. The van der Waals surface area contributed by atoms with E-state index in [2.05, 4.69) is 4.72 Å². The molecule has 0 spiro atoms. The van der Waals surface area contributed by atoms with Crippen LogP contribution in [0.3, 0.4) is 0 Å². The van der Waals surface area contributed by atoms with E-state index in [9.17, 15) is 21.6 Å². The molecule has 29 heavy (non-hydrogen) atoms. The molecular formula is C17H16Cl2N2O6S2. The lowest BCUT2D eigenvalue weighted by atomic mass is 10.3. The van der Waals surface area contributed by atoms with Gasteiger partial charge in [-0.2, -0.15) is 0 Å². The fraction of sp³-hybridized carbons (Fsp3) is 0.235. The van der Waals surface area contributed by atoms with Crippen LogP contribution in [0.5, 0.6) is 5.75 Å². The molecule has 8 nitrogen and oxygen atoms in total. The molecule has 1 N–H and O–H groups in total. The Bertz CT molecular complexity index is 1180. The molecule has 1 amide bonds. The first-order valence-electron chi connectivity index (χ1n) is 8.35. The highest BCUT2D eigenvalue weighted by atomic mass is 35.5. The maximum atomic E-state index is 13.0. The Morgan fingerprint density at radius 1 is 1.14 bits per heavy atom. The topological polar surface area (TPSA) is 110 Å². The first kappa shape index (κ1) is 21.7. The van der Waals surface area contributed by atoms with Gasteiger partial charge in [-0.05, 0) is 43.3 Å². The van der Waals surface area contributed by atoms with Gasteiger partial charge in [0.2, 0.25) is 15.9 Å². The van der Waals surface area contributed by atoms with E-state index in [4.69, 9.17) is 27.9 Å². The molecule has 1 heterocycles. The number of ether oxygens (including phenoxy) is 1. The number of hydrogen-bond acceptors (Lipinski definition) is 6. The Kier molecular flexibility index (Phi) is 6.00. The summed E-state index contributed by atoms with van der Waals surface area (Å²) < 4.78 is 58.7. The fourth-order valence-corrected chi connectivity index (χ4v) is 5.71. The average Bonchev–Trinajstić information content (AvgIpc) is 2.91. The second kappa shape index (κ2) is 8.02. The molecule has 0 saturated carbocycles. The van der Waals surface area contributed by atoms with Gasteiger partial charge in [0.05, 0.1) is 33.8 Å². The van der Waals surface area contributed by atoms with E-state index in [1.54, 1.807) is 6.92 Å². The molecule has 0 bridgehead atoms. The molecule has 0 atom stereocenters. The van der Waals surface area contributed by atoms with Crippen molar-refractivity contribution < 1.29 is 26.4 Å². The summed E-state index contributed by atoms with van der Waals surface area (Å²) in [7, 11) is -8.06. The number of amides is 1. The van der Waals surface area contributed by atoms with Crippen molar-refractivity contribution in [1.82, 2.24) is 0 Å². The van der Waals surface area contributed by atoms with E-state index < -0.39 is 26.0 Å². The largest absolute Gasteiger partial charge is 0.492 e. The van der Waals surface area contributed by atoms with Gasteiger partial charge in [-0.15, -0.1) is 0 Å². The summed E-state index contributed by atoms with van der Waals surface area (Å²) in [4.78, 5) is 11.7. The lowest BCUT2D eigenvalue weighted by Crippen LogP contribution is -2.29. The van der Waals surface area contributed by atoms with E-state index in [0.29, 0.717) is 4.31 Å². The highest BCUT2D eigenvalue weighted by molar-refractivity contribution is 7.94. The van der Waals surface area contributed by atoms with Crippen LogP contribution in [0.25, 0.3) is 0 Å². The smallest absolute Gasteiger partial charge is 0.265 e. The van der Waals surface area contributed by atoms with Crippen LogP contribution in [0.15, 0.2) is 41.3 Å². The van der Waals surface area contributed by atoms with Crippen molar-refractivity contribution in [3.8, 4) is 5.75 Å². The van der Waals surface area contributed by atoms with Crippen molar-refractivity contribution in [3.63, 3.8) is 0 Å². The average molecular weight is 479 g/mol. The van der Waals surface area contributed by atoms with Crippen molar-refractivity contribution >= 4 is 60.5 Å². The van der Waals surface area contributed by atoms with Gasteiger partial charge >= 0.3 is 0 Å². The molecule has 1 fully saturated rings. The Morgan fingerprint density at radius 3 is 2.45 bits per heavy atom. The van der Waals surface area contributed by atoms with Crippen LogP contribution in [0.4, 0.5) is 11.4 Å². The summed E-state index contributed by atoms with van der Waals surface area (Å²) in [6.45, 7) is 1.85. The van der Waals surface area contributed by atoms with Crippen molar-refractivity contribution in [3.05, 3.63) is 46.4 Å². The highest BCUT2D eigenvalue weighted by Crippen LogP contribution is 2.34. The second-order valence-corrected chi connectivity index (χ2v) is 10.4. The number of halogens is 2. The molecule has 1 aliphatic heterocycles. The van der Waals surface area contributed by atoms with Gasteiger partial charge < -0.3 is 4.74 Å². The van der Waals surface area contributed by atoms with Crippen molar-refractivity contribution in [2.24, 2.45) is 0 Å². The zero-order valence-electron chi connectivity index (χ0n) is 15.1. The molecule has 1 aliphatic rings. The van der Waals surface area contributed by atoms with Gasteiger partial charge in [0.1, 0.15) is 10.6 Å². The molecule has 2 aromatic rings. The SMILES string of the molecule is CCOc1ccc(N2C(=O)CCS2(=O)=O)cc1S(=O)(=O)Nc1ccc(Cl)c(Cl)c1. The molecule has 0 radical (unpaired) electrons. The molecule has 3 rings (SSSR count). The molecule has 0 aromatic heterocycles. The number of carbonyl (C=O) groups excluding carboxylic acids is 1. The number of sulfonamides is 2. The van der Waals surface area contributed by atoms with Crippen LogP contribution in [0.1, 0.15) is 13.3 Å². The Hall–Kier alpha value is -2.01. The summed E-state index contributed by atoms with van der Waals surface area (Å²) >= 11 is 11.8. The standard InChI is InChI=1S/C17H16Cl2N2O6S2/c1-2-27-15-6-4-12(21-17(22)7-8-28(21,23)24)10-16(15)29(25,26)20-11-3-5-13(18)14(19)9-11/h3-6,9-10,20H,2,7-8H2,1H3. The number of nitrogens with one attached hydrogen (secondary N) is 1. The minimum atomic E-state index is -4.21. The lowest BCUT2D eigenvalue weighted by Gasteiger charge is -2.18. The first-order valence-corrected chi connectivity index (χ1v) is 12.2. The molecule has 0 unspecified atom stereocenters. The van der Waals surface area contributed by atoms with Gasteiger partial charge in [0, 0.05) is 6.42 Å². The highest BCUT2D eigenvalue weighted by Gasteiger charge is 2.37. The van der Waals surface area contributed by atoms with Gasteiger partial charge in [-0.1, -0.05) is 23.2 Å². The molecule has 156 valence electrons. The number of hydrogen-bond donors (Lipinski definition) is 1. The predicted octanol–water partition coefficient (Wildman–Crippen LogP) is 3.26. The summed E-state index contributed by atoms with van der Waals surface area (Å²) in [5.74, 6) is -0.953. The Labute approximate surface area is 178 Å². The number of nitrogens with zero attached hydrogens (tertiary/aromatic N) is 1.